The number of benzene rings is 2. The first-order valence-corrected chi connectivity index (χ1v) is 10.7. The molecule has 3 atom stereocenters. The van der Waals surface area contributed by atoms with Crippen LogP contribution in [0.5, 0.6) is 0 Å². The molecule has 1 aromatic heterocycles. The number of alkyl halides is 1. The highest BCUT2D eigenvalue weighted by Gasteiger charge is 2.41. The molecule has 0 aliphatic carbocycles. The second-order valence-electron chi connectivity index (χ2n) is 8.79. The molecule has 1 aliphatic rings. The fourth-order valence-electron chi connectivity index (χ4n) is 4.67. The maximum Gasteiger partial charge on any atom is 0.143 e. The van der Waals surface area contributed by atoms with E-state index in [0.29, 0.717) is 29.9 Å². The zero-order valence-electron chi connectivity index (χ0n) is 18.3. The van der Waals surface area contributed by atoms with Gasteiger partial charge in [0, 0.05) is 47.0 Å². The van der Waals surface area contributed by atoms with E-state index in [2.05, 4.69) is 10.3 Å². The number of anilines is 1. The van der Waals surface area contributed by atoms with Crippen LogP contribution >= 0.6 is 0 Å². The Morgan fingerprint density at radius 3 is 2.50 bits per heavy atom. The van der Waals surface area contributed by atoms with Crippen molar-refractivity contribution in [2.45, 2.75) is 44.9 Å². The summed E-state index contributed by atoms with van der Waals surface area (Å²) in [6.07, 6.45) is 0.484. The number of hydrogen-bond acceptors (Lipinski definition) is 3. The molecule has 4 rings (SSSR count). The molecule has 0 bridgehead atoms. The Bertz CT molecular complexity index is 1120. The molecule has 4 nitrogen and oxygen atoms in total. The van der Waals surface area contributed by atoms with Gasteiger partial charge in [0.1, 0.15) is 23.1 Å². The third kappa shape index (κ3) is 3.97. The number of nitrogens with zero attached hydrogens (tertiary/aromatic N) is 1. The van der Waals surface area contributed by atoms with Crippen molar-refractivity contribution in [3.63, 3.8) is 0 Å². The van der Waals surface area contributed by atoms with Crippen LogP contribution in [0.15, 0.2) is 30.3 Å². The number of nitrogens with one attached hydrogen (secondary N) is 2. The molecule has 3 aromatic rings. The van der Waals surface area contributed by atoms with Crippen LogP contribution in [0, 0.1) is 17.5 Å². The number of aromatic amines is 1. The summed E-state index contributed by atoms with van der Waals surface area (Å²) >= 11 is 0. The molecule has 3 N–H and O–H groups in total. The summed E-state index contributed by atoms with van der Waals surface area (Å²) in [5.41, 5.74) is -0.0196. The summed E-state index contributed by atoms with van der Waals surface area (Å²) in [6, 6.07) is 5.52. The predicted octanol–water partition coefficient (Wildman–Crippen LogP) is 5.07. The van der Waals surface area contributed by atoms with E-state index in [4.69, 9.17) is 0 Å². The van der Waals surface area contributed by atoms with Gasteiger partial charge < -0.3 is 15.4 Å². The topological polar surface area (TPSA) is 51.3 Å². The number of aliphatic hydroxyl groups is 1. The highest BCUT2D eigenvalue weighted by molar-refractivity contribution is 5.85. The monoisotopic (exact) mass is 449 g/mol. The molecule has 0 saturated carbocycles. The number of aliphatic hydroxyl groups excluding tert-OH is 1. The number of halogens is 4. The fourth-order valence-corrected chi connectivity index (χ4v) is 4.67. The summed E-state index contributed by atoms with van der Waals surface area (Å²) in [4.78, 5) is 4.80. The Hall–Kier alpha value is -2.58. The molecule has 1 aliphatic heterocycles. The summed E-state index contributed by atoms with van der Waals surface area (Å²) in [5.74, 6) is -1.95. The van der Waals surface area contributed by atoms with E-state index >= 15 is 8.78 Å². The first kappa shape index (κ1) is 22.6. The van der Waals surface area contributed by atoms with Gasteiger partial charge in [0.2, 0.25) is 0 Å². The zero-order valence-corrected chi connectivity index (χ0v) is 18.3. The van der Waals surface area contributed by atoms with E-state index in [-0.39, 0.29) is 18.2 Å². The van der Waals surface area contributed by atoms with Gasteiger partial charge in [0.15, 0.2) is 0 Å². The SMILES string of the molecule is CCNc1cc(F)c(C2c3[nH]c4cc(F)ccc4c3CC(C)N2CC(C)(F)CO)c(F)c1. The van der Waals surface area contributed by atoms with Gasteiger partial charge in [-0.25, -0.2) is 17.6 Å². The van der Waals surface area contributed by atoms with Gasteiger partial charge in [-0.05, 0) is 63.1 Å². The van der Waals surface area contributed by atoms with E-state index < -0.39 is 35.8 Å². The van der Waals surface area contributed by atoms with Crippen molar-refractivity contribution in [3.05, 3.63) is 64.6 Å². The second-order valence-corrected chi connectivity index (χ2v) is 8.79. The lowest BCUT2D eigenvalue weighted by molar-refractivity contribution is 0.0162. The largest absolute Gasteiger partial charge is 0.393 e. The highest BCUT2D eigenvalue weighted by Crippen LogP contribution is 2.43. The minimum atomic E-state index is -1.97. The maximum atomic E-state index is 15.3. The molecule has 2 aromatic carbocycles. The van der Waals surface area contributed by atoms with Gasteiger partial charge in [-0.1, -0.05) is 0 Å². The Balaban J connectivity index is 1.94. The minimum absolute atomic E-state index is 0.208. The fraction of sp³-hybridized carbons (Fsp3) is 0.417. The van der Waals surface area contributed by atoms with Crippen LogP contribution in [0.1, 0.15) is 43.6 Å². The van der Waals surface area contributed by atoms with E-state index in [1.54, 1.807) is 11.0 Å². The number of H-pyrrole nitrogens is 1. The van der Waals surface area contributed by atoms with Crippen LogP contribution in [-0.4, -0.2) is 46.4 Å². The lowest BCUT2D eigenvalue weighted by atomic mass is 9.87. The highest BCUT2D eigenvalue weighted by atomic mass is 19.1. The molecular weight excluding hydrogens is 422 g/mol. The van der Waals surface area contributed by atoms with Crippen LogP contribution in [-0.2, 0) is 6.42 Å². The average Bonchev–Trinajstić information content (AvgIpc) is 3.06. The second kappa shape index (κ2) is 8.41. The molecule has 172 valence electrons. The van der Waals surface area contributed by atoms with Crippen LogP contribution in [0.3, 0.4) is 0 Å². The maximum absolute atomic E-state index is 15.3. The summed E-state index contributed by atoms with van der Waals surface area (Å²) in [6.45, 7) is 4.48. The van der Waals surface area contributed by atoms with Crippen LogP contribution < -0.4 is 5.32 Å². The predicted molar refractivity (Wildman–Crippen MR) is 117 cm³/mol. The Morgan fingerprint density at radius 2 is 1.88 bits per heavy atom. The van der Waals surface area contributed by atoms with E-state index in [0.717, 1.165) is 10.9 Å². The van der Waals surface area contributed by atoms with Gasteiger partial charge in [0.05, 0.1) is 12.6 Å². The molecule has 0 radical (unpaired) electrons. The normalized spacial score (nSPS) is 20.9. The summed E-state index contributed by atoms with van der Waals surface area (Å²) in [7, 11) is 0. The van der Waals surface area contributed by atoms with E-state index in [1.165, 1.54) is 31.2 Å². The van der Waals surface area contributed by atoms with E-state index in [1.807, 2.05) is 13.8 Å². The Morgan fingerprint density at radius 1 is 1.19 bits per heavy atom. The summed E-state index contributed by atoms with van der Waals surface area (Å²) < 4.78 is 59.4. The van der Waals surface area contributed by atoms with Crippen molar-refractivity contribution in [2.75, 3.05) is 25.0 Å². The van der Waals surface area contributed by atoms with Crippen molar-refractivity contribution >= 4 is 16.6 Å². The van der Waals surface area contributed by atoms with Gasteiger partial charge in [-0.3, -0.25) is 4.90 Å². The van der Waals surface area contributed by atoms with E-state index in [9.17, 15) is 13.9 Å². The molecule has 0 spiro atoms. The molecule has 2 heterocycles. The van der Waals surface area contributed by atoms with Crippen LogP contribution in [0.25, 0.3) is 10.9 Å². The van der Waals surface area contributed by atoms with Gasteiger partial charge in [-0.15, -0.1) is 0 Å². The van der Waals surface area contributed by atoms with Crippen LogP contribution in [0.4, 0.5) is 23.2 Å². The van der Waals surface area contributed by atoms with Crippen molar-refractivity contribution in [1.82, 2.24) is 9.88 Å². The van der Waals surface area contributed by atoms with Crippen molar-refractivity contribution in [3.8, 4) is 0 Å². The van der Waals surface area contributed by atoms with Crippen molar-refractivity contribution in [1.29, 1.82) is 0 Å². The molecule has 32 heavy (non-hydrogen) atoms. The third-order valence-corrected chi connectivity index (χ3v) is 6.15. The smallest absolute Gasteiger partial charge is 0.143 e. The van der Waals surface area contributed by atoms with Gasteiger partial charge in [-0.2, -0.15) is 0 Å². The van der Waals surface area contributed by atoms with Crippen molar-refractivity contribution < 1.29 is 22.7 Å². The molecule has 3 unspecified atom stereocenters. The number of rotatable bonds is 6. The quantitative estimate of drug-likeness (QED) is 0.461. The standard InChI is InChI=1S/C24H27F4N3O/c1-4-29-15-9-18(26)21(19(27)10-15)23-22-17(16-6-5-14(25)8-20(16)30-22)7-13(2)31(23)11-24(3,28)12-32/h5-6,8-10,13,23,29-30,32H,4,7,11-12H2,1-3H3. The molecule has 0 amide bonds. The zero-order chi connectivity index (χ0) is 23.2. The molecule has 0 fully saturated rings. The molecule has 0 saturated heterocycles. The number of hydrogen-bond donors (Lipinski definition) is 3. The minimum Gasteiger partial charge on any atom is -0.393 e. The lowest BCUT2D eigenvalue weighted by Crippen LogP contribution is -2.50. The first-order valence-electron chi connectivity index (χ1n) is 10.7. The van der Waals surface area contributed by atoms with Crippen LogP contribution in [0.2, 0.25) is 0 Å². The third-order valence-electron chi connectivity index (χ3n) is 6.15. The number of fused-ring (bicyclic) bond motifs is 3. The van der Waals surface area contributed by atoms with Gasteiger partial charge in [0.25, 0.3) is 0 Å². The molecular formula is C24H27F4N3O. The Labute approximate surface area is 184 Å². The van der Waals surface area contributed by atoms with Gasteiger partial charge >= 0.3 is 0 Å². The molecule has 8 heteroatoms. The average molecular weight is 449 g/mol. The summed E-state index contributed by atoms with van der Waals surface area (Å²) in [5, 5.41) is 13.2. The lowest BCUT2D eigenvalue weighted by Gasteiger charge is -2.43. The Kier molecular flexibility index (Phi) is 5.94. The van der Waals surface area contributed by atoms with Crippen molar-refractivity contribution in [2.24, 2.45) is 0 Å². The number of aromatic nitrogens is 1. The first-order chi connectivity index (χ1) is 15.1.